The van der Waals surface area contributed by atoms with E-state index in [9.17, 15) is 4.79 Å². The maximum absolute atomic E-state index is 11.9. The van der Waals surface area contributed by atoms with Crippen LogP contribution in [0.3, 0.4) is 0 Å². The van der Waals surface area contributed by atoms with E-state index in [1.165, 1.54) is 0 Å². The molecule has 1 aromatic carbocycles. The monoisotopic (exact) mass is 371 g/mol. The van der Waals surface area contributed by atoms with E-state index in [2.05, 4.69) is 40.9 Å². The molecule has 136 valence electrons. The summed E-state index contributed by atoms with van der Waals surface area (Å²) in [5.74, 6) is 5.45. The van der Waals surface area contributed by atoms with E-state index in [0.29, 0.717) is 28.6 Å². The van der Waals surface area contributed by atoms with Crippen LogP contribution in [0, 0.1) is 11.8 Å². The van der Waals surface area contributed by atoms with Crippen LogP contribution in [0.4, 0.5) is 5.69 Å². The molecule has 0 saturated carbocycles. The third-order valence-electron chi connectivity index (χ3n) is 3.73. The fourth-order valence-corrected chi connectivity index (χ4v) is 2.48. The number of halogens is 1. The molecule has 2 aromatic rings. The number of amides is 1. The molecule has 2 rings (SSSR count). The van der Waals surface area contributed by atoms with Crippen LogP contribution in [0.1, 0.15) is 19.4 Å². The Bertz CT molecular complexity index is 781. The highest BCUT2D eigenvalue weighted by Gasteiger charge is 2.06. The van der Waals surface area contributed by atoms with Gasteiger partial charge in [0.1, 0.15) is 12.4 Å². The smallest absolute Gasteiger partial charge is 0.300 e. The average Bonchev–Trinajstić information content (AvgIpc) is 2.66. The van der Waals surface area contributed by atoms with Gasteiger partial charge in [-0.25, -0.2) is 0 Å². The second kappa shape index (κ2) is 10.4. The van der Waals surface area contributed by atoms with Crippen molar-refractivity contribution in [2.75, 3.05) is 31.6 Å². The minimum atomic E-state index is -0.417. The lowest BCUT2D eigenvalue weighted by Gasteiger charge is -2.18. The van der Waals surface area contributed by atoms with Gasteiger partial charge in [0.05, 0.1) is 5.02 Å². The number of rotatable bonds is 7. The van der Waals surface area contributed by atoms with Crippen LogP contribution < -0.4 is 10.1 Å². The fourth-order valence-electron chi connectivity index (χ4n) is 2.25. The van der Waals surface area contributed by atoms with E-state index < -0.39 is 5.91 Å². The summed E-state index contributed by atoms with van der Waals surface area (Å²) in [6.07, 6.45) is 3.25. The first kappa shape index (κ1) is 19.8. The van der Waals surface area contributed by atoms with E-state index in [0.717, 1.165) is 19.6 Å². The predicted octanol–water partition coefficient (Wildman–Crippen LogP) is 3.45. The Kier molecular flexibility index (Phi) is 7.94. The van der Waals surface area contributed by atoms with Crippen molar-refractivity contribution in [2.45, 2.75) is 13.8 Å². The lowest BCUT2D eigenvalue weighted by molar-refractivity contribution is -0.111. The van der Waals surface area contributed by atoms with Gasteiger partial charge in [0, 0.05) is 36.1 Å². The number of nitrogens with zero attached hydrogens (tertiary/aromatic N) is 2. The summed E-state index contributed by atoms with van der Waals surface area (Å²) in [5, 5.41) is 3.14. The highest BCUT2D eigenvalue weighted by Crippen LogP contribution is 2.27. The number of pyridine rings is 1. The number of anilines is 1. The molecule has 0 spiro atoms. The Labute approximate surface area is 159 Å². The van der Waals surface area contributed by atoms with Gasteiger partial charge in [-0.2, -0.15) is 0 Å². The normalized spacial score (nSPS) is 10.2. The van der Waals surface area contributed by atoms with Gasteiger partial charge in [0.2, 0.25) is 0 Å². The molecule has 0 aliphatic heterocycles. The third kappa shape index (κ3) is 6.40. The first-order valence-corrected chi connectivity index (χ1v) is 8.88. The van der Waals surface area contributed by atoms with E-state index >= 15 is 0 Å². The Morgan fingerprint density at radius 3 is 2.77 bits per heavy atom. The van der Waals surface area contributed by atoms with Crippen LogP contribution in [0.15, 0.2) is 42.7 Å². The van der Waals surface area contributed by atoms with Crippen molar-refractivity contribution < 1.29 is 9.53 Å². The summed E-state index contributed by atoms with van der Waals surface area (Å²) in [7, 11) is 0. The molecule has 26 heavy (non-hydrogen) atoms. The lowest BCUT2D eigenvalue weighted by atomic mass is 10.3. The zero-order chi connectivity index (χ0) is 18.8. The van der Waals surface area contributed by atoms with Crippen LogP contribution in [-0.4, -0.2) is 42.0 Å². The molecule has 0 saturated heterocycles. The summed E-state index contributed by atoms with van der Waals surface area (Å²) in [4.78, 5) is 18.1. The molecular weight excluding hydrogens is 350 g/mol. The molecule has 0 bridgehead atoms. The van der Waals surface area contributed by atoms with Crippen LogP contribution in [0.2, 0.25) is 5.02 Å². The van der Waals surface area contributed by atoms with Crippen molar-refractivity contribution in [2.24, 2.45) is 0 Å². The fraction of sp³-hybridized carbons (Fsp3) is 0.300. The van der Waals surface area contributed by atoms with Crippen molar-refractivity contribution in [3.8, 4) is 17.6 Å². The molecule has 1 amide bonds. The second-order valence-electron chi connectivity index (χ2n) is 5.47. The third-order valence-corrected chi connectivity index (χ3v) is 4.03. The Morgan fingerprint density at radius 1 is 1.31 bits per heavy atom. The average molecular weight is 372 g/mol. The highest BCUT2D eigenvalue weighted by molar-refractivity contribution is 6.32. The number of hydrogen-bond donors (Lipinski definition) is 1. The summed E-state index contributed by atoms with van der Waals surface area (Å²) in [6, 6.07) is 8.68. The summed E-state index contributed by atoms with van der Waals surface area (Å²) in [5.41, 5.74) is 1.24. The quantitative estimate of drug-likeness (QED) is 0.757. The molecule has 1 heterocycles. The van der Waals surface area contributed by atoms with Gasteiger partial charge in [-0.1, -0.05) is 31.4 Å². The van der Waals surface area contributed by atoms with Gasteiger partial charge in [0.25, 0.3) is 0 Å². The van der Waals surface area contributed by atoms with Gasteiger partial charge < -0.3 is 15.0 Å². The molecule has 0 unspecified atom stereocenters. The molecular formula is C20H22ClN3O2. The Hall–Kier alpha value is -2.55. The van der Waals surface area contributed by atoms with Crippen molar-refractivity contribution in [3.05, 3.63) is 53.3 Å². The number of hydrogen-bond acceptors (Lipinski definition) is 4. The first-order valence-electron chi connectivity index (χ1n) is 8.50. The molecule has 6 heteroatoms. The van der Waals surface area contributed by atoms with E-state index in [4.69, 9.17) is 16.3 Å². The second-order valence-corrected chi connectivity index (χ2v) is 5.87. The molecule has 5 nitrogen and oxygen atoms in total. The minimum Gasteiger partial charge on any atom is -0.491 e. The zero-order valence-corrected chi connectivity index (χ0v) is 15.7. The van der Waals surface area contributed by atoms with Gasteiger partial charge in [-0.05, 0) is 43.4 Å². The van der Waals surface area contributed by atoms with Crippen LogP contribution >= 0.6 is 11.6 Å². The summed E-state index contributed by atoms with van der Waals surface area (Å²) >= 11 is 6.23. The summed E-state index contributed by atoms with van der Waals surface area (Å²) in [6.45, 7) is 7.60. The standard InChI is InChI=1S/C20H22ClN3O2/c1-3-24(4-2)12-13-26-19-9-8-17(14-18(19)21)23-20(25)10-7-16-6-5-11-22-15-16/h5-6,8-9,11,14-15H,3-4,12-13H2,1-2H3,(H,23,25). The number of benzene rings is 1. The Morgan fingerprint density at radius 2 is 2.12 bits per heavy atom. The molecule has 0 aliphatic rings. The maximum atomic E-state index is 11.9. The van der Waals surface area contributed by atoms with E-state index in [-0.39, 0.29) is 0 Å². The van der Waals surface area contributed by atoms with Crippen LogP contribution in [-0.2, 0) is 4.79 Å². The van der Waals surface area contributed by atoms with Crippen LogP contribution in [0.5, 0.6) is 5.75 Å². The lowest BCUT2D eigenvalue weighted by Crippen LogP contribution is -2.27. The number of ether oxygens (including phenoxy) is 1. The molecule has 0 aliphatic carbocycles. The SMILES string of the molecule is CCN(CC)CCOc1ccc(NC(=O)C#Cc2cccnc2)cc1Cl. The zero-order valence-electron chi connectivity index (χ0n) is 15.0. The maximum Gasteiger partial charge on any atom is 0.300 e. The number of carbonyl (C=O) groups is 1. The molecule has 1 N–H and O–H groups in total. The number of carbonyl (C=O) groups excluding carboxylic acids is 1. The molecule has 0 fully saturated rings. The topological polar surface area (TPSA) is 54.5 Å². The highest BCUT2D eigenvalue weighted by atomic mass is 35.5. The minimum absolute atomic E-state index is 0.417. The molecule has 0 radical (unpaired) electrons. The number of likely N-dealkylation sites (N-methyl/N-ethyl adjacent to an activating group) is 1. The van der Waals surface area contributed by atoms with Gasteiger partial charge in [-0.3, -0.25) is 9.78 Å². The van der Waals surface area contributed by atoms with Crippen molar-refractivity contribution >= 4 is 23.2 Å². The molecule has 0 atom stereocenters. The van der Waals surface area contributed by atoms with Crippen molar-refractivity contribution in [3.63, 3.8) is 0 Å². The first-order chi connectivity index (χ1) is 12.6. The largest absolute Gasteiger partial charge is 0.491 e. The van der Waals surface area contributed by atoms with Crippen molar-refractivity contribution in [1.29, 1.82) is 0 Å². The van der Waals surface area contributed by atoms with Gasteiger partial charge in [-0.15, -0.1) is 0 Å². The predicted molar refractivity (Wildman–Crippen MR) is 104 cm³/mol. The van der Waals surface area contributed by atoms with E-state index in [1.807, 2.05) is 0 Å². The van der Waals surface area contributed by atoms with Gasteiger partial charge in [0.15, 0.2) is 0 Å². The number of nitrogens with one attached hydrogen (secondary N) is 1. The Balaban J connectivity index is 1.90. The molecule has 1 aromatic heterocycles. The number of aromatic nitrogens is 1. The van der Waals surface area contributed by atoms with E-state index in [1.54, 1.807) is 42.7 Å². The van der Waals surface area contributed by atoms with Gasteiger partial charge >= 0.3 is 5.91 Å². The summed E-state index contributed by atoms with van der Waals surface area (Å²) < 4.78 is 5.72. The van der Waals surface area contributed by atoms with Crippen LogP contribution in [0.25, 0.3) is 0 Å². The van der Waals surface area contributed by atoms with Crippen molar-refractivity contribution in [1.82, 2.24) is 9.88 Å².